The van der Waals surface area contributed by atoms with Crippen molar-refractivity contribution in [3.63, 3.8) is 0 Å². The highest BCUT2D eigenvalue weighted by atomic mass is 31.2. The molecule has 1 unspecified atom stereocenters. The number of fused-ring (bicyclic) bond motifs is 1. The maximum atomic E-state index is 12.8. The molecule has 1 radical (unpaired) electrons. The number of rotatable bonds is 11. The highest BCUT2D eigenvalue weighted by molar-refractivity contribution is 7.58. The molecule has 1 aromatic rings. The number of carbonyl (C=O) groups excluding carboxylic acids is 1. The average molecular weight is 532 g/mol. The third-order valence-corrected chi connectivity index (χ3v) is 8.04. The van der Waals surface area contributed by atoms with Gasteiger partial charge in [-0.1, -0.05) is 33.6 Å². The van der Waals surface area contributed by atoms with Crippen LogP contribution in [0.5, 0.6) is 0 Å². The fourth-order valence-electron chi connectivity index (χ4n) is 4.48. The molecule has 13 nitrogen and oxygen atoms in total. The number of nitrogens with zero attached hydrogens (tertiary/aromatic N) is 2. The van der Waals surface area contributed by atoms with Crippen molar-refractivity contribution in [3.05, 3.63) is 22.7 Å². The SMILES string of the molecule is CCCC(CCC)C(=O)Nc1ccn([C@@H]2O[C@@H]3CO[P](O)(N[C@@H](CC)C(=O)O)O[C@H]3[C@@]2(C)O)c(=O)n1. The molecule has 3 rings (SSSR count). The van der Waals surface area contributed by atoms with Crippen LogP contribution >= 0.6 is 8.09 Å². The highest BCUT2D eigenvalue weighted by Crippen LogP contribution is 2.61. The predicted octanol–water partition coefficient (Wildman–Crippen LogP) is 1.58. The molecule has 1 amide bonds. The van der Waals surface area contributed by atoms with E-state index in [4.69, 9.17) is 13.8 Å². The van der Waals surface area contributed by atoms with Crippen LogP contribution < -0.4 is 16.1 Å². The molecule has 6 atom stereocenters. The summed E-state index contributed by atoms with van der Waals surface area (Å²) in [4.78, 5) is 51.5. The molecular formula is C22H36N4O9P. The van der Waals surface area contributed by atoms with Crippen molar-refractivity contribution in [1.29, 1.82) is 0 Å². The second kappa shape index (κ2) is 11.6. The number of carboxylic acid groups (broad SMARTS) is 1. The molecule has 203 valence electrons. The van der Waals surface area contributed by atoms with Gasteiger partial charge in [0.15, 0.2) is 6.23 Å². The van der Waals surface area contributed by atoms with Crippen LogP contribution in [-0.4, -0.2) is 67.0 Å². The van der Waals surface area contributed by atoms with Crippen molar-refractivity contribution < 1.29 is 38.5 Å². The van der Waals surface area contributed by atoms with Crippen molar-refractivity contribution in [2.45, 2.75) is 89.9 Å². The summed E-state index contributed by atoms with van der Waals surface area (Å²) in [5.74, 6) is -1.47. The largest absolute Gasteiger partial charge is 0.480 e. The van der Waals surface area contributed by atoms with Crippen molar-refractivity contribution in [1.82, 2.24) is 14.6 Å². The number of aromatic nitrogens is 2. The maximum Gasteiger partial charge on any atom is 0.351 e. The summed E-state index contributed by atoms with van der Waals surface area (Å²) in [6, 6.07) is 0.322. The van der Waals surface area contributed by atoms with Crippen molar-refractivity contribution in [3.8, 4) is 0 Å². The minimum atomic E-state index is -3.84. The van der Waals surface area contributed by atoms with Gasteiger partial charge in [0.25, 0.3) is 0 Å². The Morgan fingerprint density at radius 2 is 1.97 bits per heavy atom. The predicted molar refractivity (Wildman–Crippen MR) is 130 cm³/mol. The Morgan fingerprint density at radius 1 is 1.31 bits per heavy atom. The molecule has 2 saturated heterocycles. The second-order valence-electron chi connectivity index (χ2n) is 9.29. The number of aliphatic carboxylic acids is 1. The molecule has 0 aliphatic carbocycles. The van der Waals surface area contributed by atoms with Crippen LogP contribution in [0, 0.1) is 5.92 Å². The fourth-order valence-corrected chi connectivity index (χ4v) is 6.37. The fraction of sp³-hybridized carbons (Fsp3) is 0.727. The maximum absolute atomic E-state index is 12.8. The second-order valence-corrected chi connectivity index (χ2v) is 11.1. The van der Waals surface area contributed by atoms with Crippen LogP contribution in [0.25, 0.3) is 0 Å². The number of hydrogen-bond donors (Lipinski definition) is 5. The molecule has 0 saturated carbocycles. The number of amides is 1. The molecule has 2 aliphatic rings. The molecule has 5 N–H and O–H groups in total. The summed E-state index contributed by atoms with van der Waals surface area (Å²) in [5.41, 5.74) is -2.57. The molecule has 0 bridgehead atoms. The zero-order chi connectivity index (χ0) is 26.7. The van der Waals surface area contributed by atoms with Crippen LogP contribution in [-0.2, 0) is 23.4 Å². The summed E-state index contributed by atoms with van der Waals surface area (Å²) in [7, 11) is -3.84. The van der Waals surface area contributed by atoms with E-state index in [2.05, 4.69) is 15.4 Å². The Kier molecular flexibility index (Phi) is 9.20. The van der Waals surface area contributed by atoms with E-state index in [1.165, 1.54) is 19.2 Å². The first-order chi connectivity index (χ1) is 17.0. The van der Waals surface area contributed by atoms with Gasteiger partial charge in [-0.3, -0.25) is 18.7 Å². The van der Waals surface area contributed by atoms with Gasteiger partial charge in [0, 0.05) is 12.1 Å². The van der Waals surface area contributed by atoms with E-state index in [9.17, 15) is 29.5 Å². The monoisotopic (exact) mass is 531 g/mol. The first kappa shape index (κ1) is 28.6. The molecule has 14 heteroatoms. The third-order valence-electron chi connectivity index (χ3n) is 6.39. The number of aliphatic hydroxyl groups is 1. The average Bonchev–Trinajstić information content (AvgIpc) is 3.07. The Balaban J connectivity index is 1.76. The Bertz CT molecular complexity index is 1000. The minimum Gasteiger partial charge on any atom is -0.480 e. The first-order valence-corrected chi connectivity index (χ1v) is 13.8. The third kappa shape index (κ3) is 6.10. The van der Waals surface area contributed by atoms with E-state index >= 15 is 0 Å². The summed E-state index contributed by atoms with van der Waals surface area (Å²) in [5, 5.41) is 25.7. The molecular weight excluding hydrogens is 495 g/mol. The zero-order valence-electron chi connectivity index (χ0n) is 20.9. The first-order valence-electron chi connectivity index (χ1n) is 12.2. The Hall–Kier alpha value is -1.99. The topological polar surface area (TPSA) is 181 Å². The summed E-state index contributed by atoms with van der Waals surface area (Å²) in [6.07, 6.45) is 1.50. The number of carboxylic acids is 1. The van der Waals surface area contributed by atoms with E-state index in [1.807, 2.05) is 13.8 Å². The quantitative estimate of drug-likeness (QED) is 0.262. The summed E-state index contributed by atoms with van der Waals surface area (Å²) in [6.45, 7) is 6.81. The van der Waals surface area contributed by atoms with E-state index in [0.29, 0.717) is 0 Å². The van der Waals surface area contributed by atoms with Crippen molar-refractivity contribution in [2.75, 3.05) is 11.9 Å². The number of hydrogen-bond acceptors (Lipinski definition) is 10. The number of anilines is 1. The molecule has 2 fully saturated rings. The Morgan fingerprint density at radius 3 is 2.53 bits per heavy atom. The summed E-state index contributed by atoms with van der Waals surface area (Å²) >= 11 is 0. The van der Waals surface area contributed by atoms with Gasteiger partial charge >= 0.3 is 19.8 Å². The normalized spacial score (nSPS) is 30.7. The molecule has 0 spiro atoms. The van der Waals surface area contributed by atoms with Gasteiger partial charge < -0.3 is 29.7 Å². The molecule has 3 heterocycles. The van der Waals surface area contributed by atoms with Gasteiger partial charge in [-0.05, 0) is 32.3 Å². The molecule has 1 aromatic heterocycles. The zero-order valence-corrected chi connectivity index (χ0v) is 21.8. The highest BCUT2D eigenvalue weighted by Gasteiger charge is 2.60. The van der Waals surface area contributed by atoms with Crippen molar-refractivity contribution >= 4 is 25.8 Å². The lowest BCUT2D eigenvalue weighted by Crippen LogP contribution is -2.51. The van der Waals surface area contributed by atoms with E-state index in [-0.39, 0.29) is 30.7 Å². The lowest BCUT2D eigenvalue weighted by atomic mass is 9.96. The van der Waals surface area contributed by atoms with Crippen molar-refractivity contribution in [2.24, 2.45) is 5.92 Å². The van der Waals surface area contributed by atoms with Gasteiger partial charge in [-0.2, -0.15) is 4.98 Å². The number of carbonyl (C=O) groups is 2. The van der Waals surface area contributed by atoms with E-state index in [0.717, 1.165) is 30.3 Å². The minimum absolute atomic E-state index is 0.0943. The smallest absolute Gasteiger partial charge is 0.351 e. The standard InChI is InChI=1S/C22H36N4O9P/c1-5-8-13(9-6-2)18(27)23-16-10-11-26(21(30)24-16)20-22(4,31)17-15(34-20)12-33-36(32,35-17)25-14(7-3)19(28)29/h10-11,13-15,17,20,25,31-32H,5-9,12H2,1-4H3,(H,28,29)(H,23,24,27,30)/t14-,15+,17+,20+,22+/m0/s1. The number of ether oxygens (including phenoxy) is 1. The van der Waals surface area contributed by atoms with Crippen LogP contribution in [0.4, 0.5) is 5.82 Å². The Labute approximate surface area is 209 Å². The van der Waals surface area contributed by atoms with Crippen LogP contribution in [0.2, 0.25) is 0 Å². The van der Waals surface area contributed by atoms with Gasteiger partial charge in [-0.25, -0.2) is 9.88 Å². The summed E-state index contributed by atoms with van der Waals surface area (Å²) < 4.78 is 17.9. The van der Waals surface area contributed by atoms with Crippen LogP contribution in [0.3, 0.4) is 0 Å². The lowest BCUT2D eigenvalue weighted by molar-refractivity contribution is -0.139. The van der Waals surface area contributed by atoms with Gasteiger partial charge in [0.2, 0.25) is 5.91 Å². The van der Waals surface area contributed by atoms with Gasteiger partial charge in [0.05, 0.1) is 6.61 Å². The molecule has 36 heavy (non-hydrogen) atoms. The van der Waals surface area contributed by atoms with E-state index in [1.54, 1.807) is 6.92 Å². The van der Waals surface area contributed by atoms with Crippen LogP contribution in [0.1, 0.15) is 66.0 Å². The molecule has 2 aliphatic heterocycles. The van der Waals surface area contributed by atoms with Gasteiger partial charge in [-0.15, -0.1) is 0 Å². The lowest BCUT2D eigenvalue weighted by Gasteiger charge is -2.42. The van der Waals surface area contributed by atoms with E-state index < -0.39 is 49.8 Å². The molecule has 0 aromatic carbocycles. The number of nitrogens with one attached hydrogen (secondary N) is 2. The van der Waals surface area contributed by atoms with Crippen LogP contribution in [0.15, 0.2) is 17.1 Å². The van der Waals surface area contributed by atoms with Gasteiger partial charge in [0.1, 0.15) is 29.7 Å².